The van der Waals surface area contributed by atoms with Gasteiger partial charge >= 0.3 is 5.97 Å². The molecule has 5 nitrogen and oxygen atoms in total. The first-order valence-electron chi connectivity index (χ1n) is 5.51. The van der Waals surface area contributed by atoms with Gasteiger partial charge in [-0.15, -0.1) is 0 Å². The van der Waals surface area contributed by atoms with E-state index in [1.807, 2.05) is 0 Å². The number of carbonyl (C=O) groups is 1. The van der Waals surface area contributed by atoms with Crippen LogP contribution in [0.15, 0.2) is 6.20 Å². The Bertz CT molecular complexity index is 406. The lowest BCUT2D eigenvalue weighted by Crippen LogP contribution is -2.32. The number of carboxylic acids is 1. The molecule has 86 valence electrons. The van der Waals surface area contributed by atoms with E-state index in [1.54, 1.807) is 6.20 Å². The smallest absolute Gasteiger partial charge is 0.373 e. The molecular formula is C11H15N3O2. The molecule has 0 atom stereocenters. The Kier molecular flexibility index (Phi) is 3.14. The first-order valence-corrected chi connectivity index (χ1v) is 5.51. The van der Waals surface area contributed by atoms with Crippen molar-refractivity contribution >= 4 is 5.97 Å². The van der Waals surface area contributed by atoms with E-state index in [2.05, 4.69) is 21.8 Å². The molecule has 0 bridgehead atoms. The number of hydrogen-bond acceptors (Lipinski definition) is 4. The molecule has 0 saturated carbocycles. The van der Waals surface area contributed by atoms with E-state index < -0.39 is 5.97 Å². The molecular weight excluding hydrogens is 206 g/mol. The molecule has 16 heavy (non-hydrogen) atoms. The predicted octanol–water partition coefficient (Wildman–Crippen LogP) is 0.943. The van der Waals surface area contributed by atoms with E-state index in [0.29, 0.717) is 0 Å². The largest absolute Gasteiger partial charge is 0.475 e. The molecule has 1 aromatic rings. The van der Waals surface area contributed by atoms with Gasteiger partial charge in [0.05, 0.1) is 5.69 Å². The summed E-state index contributed by atoms with van der Waals surface area (Å²) in [6.07, 6.45) is 3.59. The van der Waals surface area contributed by atoms with E-state index in [4.69, 9.17) is 5.11 Å². The van der Waals surface area contributed by atoms with Gasteiger partial charge in [-0.1, -0.05) is 6.92 Å². The third-order valence-corrected chi connectivity index (χ3v) is 2.74. The quantitative estimate of drug-likeness (QED) is 0.823. The minimum Gasteiger partial charge on any atom is -0.475 e. The van der Waals surface area contributed by atoms with Crippen molar-refractivity contribution in [2.75, 3.05) is 13.1 Å². The average Bonchev–Trinajstić information content (AvgIpc) is 2.28. The number of nitrogens with zero attached hydrogens (tertiary/aromatic N) is 3. The molecule has 0 radical (unpaired) electrons. The van der Waals surface area contributed by atoms with Crippen LogP contribution in [0.1, 0.15) is 35.2 Å². The third kappa shape index (κ3) is 2.19. The maximum Gasteiger partial charge on any atom is 0.373 e. The van der Waals surface area contributed by atoms with Crippen molar-refractivity contribution in [1.29, 1.82) is 0 Å². The Hall–Kier alpha value is -1.49. The number of hydrogen-bond donors (Lipinski definition) is 1. The van der Waals surface area contributed by atoms with Crippen molar-refractivity contribution < 1.29 is 9.90 Å². The SMILES string of the molecule is CCCN1CCc2nc(C(=O)O)ncc2C1. The summed E-state index contributed by atoms with van der Waals surface area (Å²) in [7, 11) is 0. The number of aromatic carboxylic acids is 1. The molecule has 0 aliphatic carbocycles. The second-order valence-corrected chi connectivity index (χ2v) is 4.00. The van der Waals surface area contributed by atoms with Crippen LogP contribution >= 0.6 is 0 Å². The Morgan fingerprint density at radius 1 is 1.62 bits per heavy atom. The topological polar surface area (TPSA) is 66.3 Å². The van der Waals surface area contributed by atoms with Gasteiger partial charge in [0.1, 0.15) is 0 Å². The predicted molar refractivity (Wildman–Crippen MR) is 58.3 cm³/mol. The molecule has 0 spiro atoms. The van der Waals surface area contributed by atoms with E-state index >= 15 is 0 Å². The van der Waals surface area contributed by atoms with Gasteiger partial charge in [-0.05, 0) is 13.0 Å². The fraction of sp³-hybridized carbons (Fsp3) is 0.545. The molecule has 2 heterocycles. The fourth-order valence-corrected chi connectivity index (χ4v) is 1.98. The standard InChI is InChI=1S/C11H15N3O2/c1-2-4-14-5-3-9-8(7-14)6-12-10(13-9)11(15)16/h6H,2-5,7H2,1H3,(H,15,16). The van der Waals surface area contributed by atoms with Crippen LogP contribution in [0.4, 0.5) is 0 Å². The molecule has 0 saturated heterocycles. The van der Waals surface area contributed by atoms with Crippen molar-refractivity contribution in [3.8, 4) is 0 Å². The zero-order chi connectivity index (χ0) is 11.5. The maximum absolute atomic E-state index is 10.7. The van der Waals surface area contributed by atoms with Crippen LogP contribution in [0, 0.1) is 0 Å². The van der Waals surface area contributed by atoms with Crippen molar-refractivity contribution in [2.45, 2.75) is 26.3 Å². The monoisotopic (exact) mass is 221 g/mol. The van der Waals surface area contributed by atoms with Crippen LogP contribution < -0.4 is 0 Å². The maximum atomic E-state index is 10.7. The summed E-state index contributed by atoms with van der Waals surface area (Å²) in [6, 6.07) is 0. The number of rotatable bonds is 3. The molecule has 0 aromatic carbocycles. The average molecular weight is 221 g/mol. The molecule has 1 aromatic heterocycles. The van der Waals surface area contributed by atoms with Crippen molar-refractivity contribution in [2.24, 2.45) is 0 Å². The Morgan fingerprint density at radius 2 is 2.44 bits per heavy atom. The van der Waals surface area contributed by atoms with Crippen molar-refractivity contribution in [1.82, 2.24) is 14.9 Å². The molecule has 1 aliphatic heterocycles. The zero-order valence-corrected chi connectivity index (χ0v) is 9.31. The lowest BCUT2D eigenvalue weighted by atomic mass is 10.1. The molecule has 0 amide bonds. The normalized spacial score (nSPS) is 15.8. The molecule has 5 heteroatoms. The van der Waals surface area contributed by atoms with E-state index in [9.17, 15) is 4.79 Å². The summed E-state index contributed by atoms with van der Waals surface area (Å²) in [5.74, 6) is -1.15. The lowest BCUT2D eigenvalue weighted by molar-refractivity contribution is 0.0682. The molecule has 1 aliphatic rings. The van der Waals surface area contributed by atoms with Gasteiger partial charge in [-0.25, -0.2) is 14.8 Å². The van der Waals surface area contributed by atoms with Crippen LogP contribution in [-0.4, -0.2) is 39.0 Å². The molecule has 2 rings (SSSR count). The summed E-state index contributed by atoms with van der Waals surface area (Å²) in [6.45, 7) is 5.01. The van der Waals surface area contributed by atoms with Crippen LogP contribution in [0.5, 0.6) is 0 Å². The lowest BCUT2D eigenvalue weighted by Gasteiger charge is -2.27. The molecule has 0 unspecified atom stereocenters. The van der Waals surface area contributed by atoms with Crippen molar-refractivity contribution in [3.05, 3.63) is 23.3 Å². The highest BCUT2D eigenvalue weighted by atomic mass is 16.4. The van der Waals surface area contributed by atoms with Crippen LogP contribution in [0.2, 0.25) is 0 Å². The summed E-state index contributed by atoms with van der Waals surface area (Å²) in [4.78, 5) is 21.0. The molecule has 0 fully saturated rings. The van der Waals surface area contributed by atoms with E-state index in [1.165, 1.54) is 0 Å². The highest BCUT2D eigenvalue weighted by Gasteiger charge is 2.19. The first-order chi connectivity index (χ1) is 7.70. The highest BCUT2D eigenvalue weighted by Crippen LogP contribution is 2.16. The third-order valence-electron chi connectivity index (χ3n) is 2.74. The number of carboxylic acid groups (broad SMARTS) is 1. The van der Waals surface area contributed by atoms with Gasteiger partial charge in [0.2, 0.25) is 5.82 Å². The molecule has 1 N–H and O–H groups in total. The van der Waals surface area contributed by atoms with Crippen LogP contribution in [0.25, 0.3) is 0 Å². The summed E-state index contributed by atoms with van der Waals surface area (Å²) >= 11 is 0. The Balaban J connectivity index is 2.19. The number of fused-ring (bicyclic) bond motifs is 1. The second kappa shape index (κ2) is 4.57. The van der Waals surface area contributed by atoms with Gasteiger partial charge in [-0.2, -0.15) is 0 Å². The Labute approximate surface area is 94.1 Å². The van der Waals surface area contributed by atoms with Gasteiger partial charge in [0.15, 0.2) is 0 Å². The summed E-state index contributed by atoms with van der Waals surface area (Å²) in [5.41, 5.74) is 1.95. The number of aromatic nitrogens is 2. The first kappa shape index (κ1) is 11.0. The van der Waals surface area contributed by atoms with Crippen LogP contribution in [0.3, 0.4) is 0 Å². The summed E-state index contributed by atoms with van der Waals surface area (Å²) < 4.78 is 0. The second-order valence-electron chi connectivity index (χ2n) is 4.00. The van der Waals surface area contributed by atoms with Gasteiger partial charge < -0.3 is 5.11 Å². The fourth-order valence-electron chi connectivity index (χ4n) is 1.98. The van der Waals surface area contributed by atoms with E-state index in [0.717, 1.165) is 43.7 Å². The van der Waals surface area contributed by atoms with Gasteiger partial charge in [0.25, 0.3) is 0 Å². The summed E-state index contributed by atoms with van der Waals surface area (Å²) in [5, 5.41) is 8.79. The van der Waals surface area contributed by atoms with Gasteiger partial charge in [0, 0.05) is 31.3 Å². The van der Waals surface area contributed by atoms with Gasteiger partial charge in [-0.3, -0.25) is 4.90 Å². The Morgan fingerprint density at radius 3 is 3.12 bits per heavy atom. The van der Waals surface area contributed by atoms with Crippen molar-refractivity contribution in [3.63, 3.8) is 0 Å². The van der Waals surface area contributed by atoms with Crippen LogP contribution in [-0.2, 0) is 13.0 Å². The minimum absolute atomic E-state index is 0.0947. The highest BCUT2D eigenvalue weighted by molar-refractivity contribution is 5.83. The minimum atomic E-state index is -1.06. The van der Waals surface area contributed by atoms with E-state index in [-0.39, 0.29) is 5.82 Å². The zero-order valence-electron chi connectivity index (χ0n) is 9.31.